The fraction of sp³-hybridized carbons (Fsp3) is 0.733. The molecule has 4 heteroatoms. The summed E-state index contributed by atoms with van der Waals surface area (Å²) in [5, 5.41) is 0. The molecule has 0 spiro atoms. The van der Waals surface area contributed by atoms with Crippen molar-refractivity contribution in [2.24, 2.45) is 0 Å². The molecule has 0 unspecified atom stereocenters. The lowest BCUT2D eigenvalue weighted by Gasteiger charge is -2.19. The molecule has 0 radical (unpaired) electrons. The van der Waals surface area contributed by atoms with Gasteiger partial charge in [0.2, 0.25) is 5.88 Å². The zero-order valence-corrected chi connectivity index (χ0v) is 12.9. The van der Waals surface area contributed by atoms with Crippen molar-refractivity contribution in [1.82, 2.24) is 9.97 Å². The van der Waals surface area contributed by atoms with Crippen LogP contribution in [0.25, 0.3) is 0 Å². The summed E-state index contributed by atoms with van der Waals surface area (Å²) >= 11 is 0. The van der Waals surface area contributed by atoms with Crippen molar-refractivity contribution >= 4 is 5.82 Å². The number of unbranched alkanes of at least 4 members (excludes halogenated alkanes) is 3. The summed E-state index contributed by atoms with van der Waals surface area (Å²) in [7, 11) is 0. The Balaban J connectivity index is 2.74. The average Bonchev–Trinajstić information content (AvgIpc) is 2.32. The Hall–Kier alpha value is -1.32. The van der Waals surface area contributed by atoms with Gasteiger partial charge in [0.15, 0.2) is 0 Å². The second-order valence-electron chi connectivity index (χ2n) is 6.02. The summed E-state index contributed by atoms with van der Waals surface area (Å²) in [6, 6.07) is 0. The van der Waals surface area contributed by atoms with Crippen molar-refractivity contribution in [1.29, 1.82) is 0 Å². The number of hydrogen-bond acceptors (Lipinski definition) is 4. The van der Waals surface area contributed by atoms with Gasteiger partial charge in [-0.1, -0.05) is 47.0 Å². The van der Waals surface area contributed by atoms with E-state index in [4.69, 9.17) is 10.5 Å². The van der Waals surface area contributed by atoms with E-state index in [1.54, 1.807) is 0 Å². The Morgan fingerprint density at radius 1 is 1.11 bits per heavy atom. The van der Waals surface area contributed by atoms with E-state index in [2.05, 4.69) is 37.7 Å². The number of ether oxygens (including phenoxy) is 1. The molecule has 0 bridgehead atoms. The first-order chi connectivity index (χ1) is 8.86. The number of nitrogens with two attached hydrogens (primary N) is 1. The minimum atomic E-state index is -0.123. The van der Waals surface area contributed by atoms with Crippen LogP contribution in [0, 0.1) is 6.92 Å². The van der Waals surface area contributed by atoms with E-state index >= 15 is 0 Å². The number of nitrogen functional groups attached to an aromatic ring is 1. The molecule has 4 nitrogen and oxygen atoms in total. The van der Waals surface area contributed by atoms with E-state index in [0.29, 0.717) is 18.3 Å². The van der Waals surface area contributed by atoms with Gasteiger partial charge in [0.1, 0.15) is 11.6 Å². The summed E-state index contributed by atoms with van der Waals surface area (Å²) in [6.07, 6.45) is 4.74. The van der Waals surface area contributed by atoms with Crippen LogP contribution >= 0.6 is 0 Å². The molecule has 0 fully saturated rings. The zero-order chi connectivity index (χ0) is 14.5. The van der Waals surface area contributed by atoms with Crippen LogP contribution < -0.4 is 10.5 Å². The van der Waals surface area contributed by atoms with Crippen molar-refractivity contribution in [3.8, 4) is 5.88 Å². The van der Waals surface area contributed by atoms with E-state index in [1.807, 2.05) is 6.92 Å². The monoisotopic (exact) mass is 265 g/mol. The van der Waals surface area contributed by atoms with Crippen LogP contribution in [0.3, 0.4) is 0 Å². The smallest absolute Gasteiger partial charge is 0.221 e. The van der Waals surface area contributed by atoms with Crippen molar-refractivity contribution in [2.75, 3.05) is 12.3 Å². The van der Waals surface area contributed by atoms with Gasteiger partial charge >= 0.3 is 0 Å². The van der Waals surface area contributed by atoms with Crippen molar-refractivity contribution in [3.05, 3.63) is 11.4 Å². The molecule has 0 aliphatic rings. The van der Waals surface area contributed by atoms with Gasteiger partial charge in [-0.3, -0.25) is 0 Å². The van der Waals surface area contributed by atoms with Crippen LogP contribution in [0.4, 0.5) is 5.82 Å². The fourth-order valence-electron chi connectivity index (χ4n) is 1.69. The standard InChI is InChI=1S/C15H27N3O/c1-6-7-8-9-10-19-13-11(2)12(16)17-14(18-13)15(3,4)5/h6-10H2,1-5H3,(H2,16,17,18). The number of nitrogens with zero attached hydrogens (tertiary/aromatic N) is 2. The molecule has 0 saturated heterocycles. The molecule has 0 saturated carbocycles. The lowest BCUT2D eigenvalue weighted by Crippen LogP contribution is -2.18. The largest absolute Gasteiger partial charge is 0.477 e. The Morgan fingerprint density at radius 2 is 1.79 bits per heavy atom. The maximum Gasteiger partial charge on any atom is 0.221 e. The summed E-state index contributed by atoms with van der Waals surface area (Å²) in [4.78, 5) is 8.86. The summed E-state index contributed by atoms with van der Waals surface area (Å²) in [5.41, 5.74) is 6.65. The number of anilines is 1. The number of rotatable bonds is 6. The first kappa shape index (κ1) is 15.7. The number of hydrogen-bond donors (Lipinski definition) is 1. The van der Waals surface area contributed by atoms with Crippen LogP contribution in [-0.2, 0) is 5.41 Å². The Labute approximate surface area is 116 Å². The summed E-state index contributed by atoms with van der Waals surface area (Å²) < 4.78 is 5.77. The van der Waals surface area contributed by atoms with Gasteiger partial charge in [0.05, 0.1) is 12.2 Å². The van der Waals surface area contributed by atoms with Gasteiger partial charge in [-0.05, 0) is 13.3 Å². The van der Waals surface area contributed by atoms with Gasteiger partial charge in [0, 0.05) is 5.41 Å². The van der Waals surface area contributed by atoms with E-state index in [1.165, 1.54) is 19.3 Å². The second-order valence-corrected chi connectivity index (χ2v) is 6.02. The Bertz CT molecular complexity index is 411. The molecule has 2 N–H and O–H groups in total. The fourth-order valence-corrected chi connectivity index (χ4v) is 1.69. The molecule has 0 aliphatic carbocycles. The molecule has 108 valence electrons. The highest BCUT2D eigenvalue weighted by Crippen LogP contribution is 2.26. The van der Waals surface area contributed by atoms with Gasteiger partial charge < -0.3 is 10.5 Å². The Morgan fingerprint density at radius 3 is 2.37 bits per heavy atom. The van der Waals surface area contributed by atoms with E-state index in [-0.39, 0.29) is 5.41 Å². The van der Waals surface area contributed by atoms with Crippen molar-refractivity contribution < 1.29 is 4.74 Å². The first-order valence-corrected chi connectivity index (χ1v) is 7.13. The predicted octanol–water partition coefficient (Wildman–Crippen LogP) is 3.62. The second kappa shape index (κ2) is 6.73. The predicted molar refractivity (Wildman–Crippen MR) is 79.5 cm³/mol. The third-order valence-corrected chi connectivity index (χ3v) is 3.05. The van der Waals surface area contributed by atoms with Crippen LogP contribution in [0.15, 0.2) is 0 Å². The zero-order valence-electron chi connectivity index (χ0n) is 12.9. The molecular formula is C15H27N3O. The normalized spacial score (nSPS) is 11.6. The van der Waals surface area contributed by atoms with Crippen LogP contribution in [0.1, 0.15) is 64.8 Å². The molecule has 1 aromatic heterocycles. The lowest BCUT2D eigenvalue weighted by atomic mass is 9.95. The highest BCUT2D eigenvalue weighted by Gasteiger charge is 2.20. The molecule has 1 rings (SSSR count). The third-order valence-electron chi connectivity index (χ3n) is 3.05. The van der Waals surface area contributed by atoms with Crippen LogP contribution in [-0.4, -0.2) is 16.6 Å². The average molecular weight is 265 g/mol. The molecule has 1 aromatic rings. The van der Waals surface area contributed by atoms with Gasteiger partial charge in [0.25, 0.3) is 0 Å². The molecular weight excluding hydrogens is 238 g/mol. The molecule has 0 aromatic carbocycles. The maximum absolute atomic E-state index is 5.94. The van der Waals surface area contributed by atoms with E-state index in [0.717, 1.165) is 17.8 Å². The highest BCUT2D eigenvalue weighted by atomic mass is 16.5. The molecule has 0 aliphatic heterocycles. The third kappa shape index (κ3) is 4.69. The van der Waals surface area contributed by atoms with Crippen LogP contribution in [0.2, 0.25) is 0 Å². The van der Waals surface area contributed by atoms with Crippen molar-refractivity contribution in [2.45, 2.75) is 65.7 Å². The molecule has 1 heterocycles. The molecule has 0 atom stereocenters. The van der Waals surface area contributed by atoms with Crippen molar-refractivity contribution in [3.63, 3.8) is 0 Å². The highest BCUT2D eigenvalue weighted by molar-refractivity contribution is 5.45. The van der Waals surface area contributed by atoms with Gasteiger partial charge in [-0.15, -0.1) is 0 Å². The van der Waals surface area contributed by atoms with Crippen LogP contribution in [0.5, 0.6) is 5.88 Å². The Kier molecular flexibility index (Phi) is 5.58. The SMILES string of the molecule is CCCCCCOc1nc(C(C)(C)C)nc(N)c1C. The molecule has 0 amide bonds. The quantitative estimate of drug-likeness (QED) is 0.798. The first-order valence-electron chi connectivity index (χ1n) is 7.13. The topological polar surface area (TPSA) is 61.0 Å². The van der Waals surface area contributed by atoms with E-state index in [9.17, 15) is 0 Å². The molecule has 19 heavy (non-hydrogen) atoms. The lowest BCUT2D eigenvalue weighted by molar-refractivity contribution is 0.288. The number of aromatic nitrogens is 2. The van der Waals surface area contributed by atoms with Gasteiger partial charge in [-0.2, -0.15) is 4.98 Å². The summed E-state index contributed by atoms with van der Waals surface area (Å²) in [5.74, 6) is 1.89. The maximum atomic E-state index is 5.94. The summed E-state index contributed by atoms with van der Waals surface area (Å²) in [6.45, 7) is 11.0. The van der Waals surface area contributed by atoms with E-state index < -0.39 is 0 Å². The minimum absolute atomic E-state index is 0.123. The minimum Gasteiger partial charge on any atom is -0.477 e. The van der Waals surface area contributed by atoms with Gasteiger partial charge in [-0.25, -0.2) is 4.98 Å².